The molecule has 0 aliphatic rings. The lowest BCUT2D eigenvalue weighted by molar-refractivity contribution is 0.102. The number of carbonyl (C=O) groups is 2. The molecule has 0 bridgehead atoms. The number of anilines is 1. The molecule has 0 unspecified atom stereocenters. The van der Waals surface area contributed by atoms with Gasteiger partial charge in [0.05, 0.1) is 5.56 Å². The minimum atomic E-state index is -0.804. The molecule has 0 saturated heterocycles. The van der Waals surface area contributed by atoms with E-state index in [1.165, 1.54) is 12.3 Å². The van der Waals surface area contributed by atoms with E-state index in [0.29, 0.717) is 5.56 Å². The molecule has 118 valence electrons. The summed E-state index contributed by atoms with van der Waals surface area (Å²) in [7, 11) is 0. The van der Waals surface area contributed by atoms with Gasteiger partial charge in [0.25, 0.3) is 5.24 Å². The molecule has 0 saturated carbocycles. The van der Waals surface area contributed by atoms with Crippen LogP contribution in [-0.2, 0) is 0 Å². The summed E-state index contributed by atoms with van der Waals surface area (Å²) in [6.45, 7) is 0. The van der Waals surface area contributed by atoms with Crippen LogP contribution in [0.3, 0.4) is 0 Å². The van der Waals surface area contributed by atoms with E-state index in [0.717, 1.165) is 11.1 Å². The van der Waals surface area contributed by atoms with Gasteiger partial charge in [-0.2, -0.15) is 0 Å². The van der Waals surface area contributed by atoms with Crippen LogP contribution in [0.2, 0.25) is 0 Å². The van der Waals surface area contributed by atoms with Crippen LogP contribution in [0.1, 0.15) is 26.3 Å². The van der Waals surface area contributed by atoms with E-state index in [2.05, 4.69) is 4.98 Å². The molecule has 0 spiro atoms. The maximum Gasteiger partial charge on any atom is 0.256 e. The normalized spacial score (nSPS) is 10.4. The lowest BCUT2D eigenvalue weighted by atomic mass is 9.92. The number of nitrogens with zero attached hydrogens (tertiary/aromatic N) is 1. The van der Waals surface area contributed by atoms with Crippen LogP contribution < -0.4 is 5.73 Å². The van der Waals surface area contributed by atoms with Crippen molar-refractivity contribution in [3.8, 4) is 11.1 Å². The second-order valence-corrected chi connectivity index (χ2v) is 5.48. The highest BCUT2D eigenvalue weighted by Gasteiger charge is 2.22. The lowest BCUT2D eigenvalue weighted by Gasteiger charge is -2.11. The smallest absolute Gasteiger partial charge is 0.256 e. The van der Waals surface area contributed by atoms with Crippen LogP contribution in [0, 0.1) is 0 Å². The molecule has 0 aliphatic heterocycles. The Hall–Kier alpha value is -2.98. The average molecular weight is 337 g/mol. The van der Waals surface area contributed by atoms with Crippen LogP contribution in [0.5, 0.6) is 0 Å². The standard InChI is InChI=1S/C19H13ClN2O2/c20-18(24)16-15(10-11-22-19(16)21)17(23)14-9-5-4-8-13(14)12-6-2-1-3-7-12/h1-11H,(H2,21,22). The molecule has 2 N–H and O–H groups in total. The Morgan fingerprint density at radius 2 is 1.54 bits per heavy atom. The van der Waals surface area contributed by atoms with Gasteiger partial charge in [0, 0.05) is 17.3 Å². The molecule has 3 aromatic rings. The topological polar surface area (TPSA) is 73.0 Å². The number of aromatic nitrogens is 1. The molecule has 0 atom stereocenters. The molecule has 4 nitrogen and oxygen atoms in total. The number of carbonyl (C=O) groups excluding carboxylic acids is 2. The van der Waals surface area contributed by atoms with E-state index in [1.807, 2.05) is 42.5 Å². The van der Waals surface area contributed by atoms with Crippen molar-refractivity contribution in [2.24, 2.45) is 0 Å². The summed E-state index contributed by atoms with van der Waals surface area (Å²) in [5.41, 5.74) is 7.94. The number of pyridine rings is 1. The van der Waals surface area contributed by atoms with Crippen molar-refractivity contribution >= 4 is 28.4 Å². The zero-order valence-electron chi connectivity index (χ0n) is 12.6. The van der Waals surface area contributed by atoms with Gasteiger partial charge in [-0.1, -0.05) is 54.6 Å². The van der Waals surface area contributed by atoms with Crippen molar-refractivity contribution in [2.75, 3.05) is 5.73 Å². The van der Waals surface area contributed by atoms with Crippen molar-refractivity contribution in [3.63, 3.8) is 0 Å². The molecule has 0 radical (unpaired) electrons. The number of hydrogen-bond donors (Lipinski definition) is 1. The minimum absolute atomic E-state index is 0.0574. The first-order valence-corrected chi connectivity index (χ1v) is 7.61. The van der Waals surface area contributed by atoms with Crippen molar-refractivity contribution in [3.05, 3.63) is 83.6 Å². The fourth-order valence-corrected chi connectivity index (χ4v) is 2.77. The average Bonchev–Trinajstić information content (AvgIpc) is 2.61. The molecular weight excluding hydrogens is 324 g/mol. The Kier molecular flexibility index (Phi) is 4.40. The van der Waals surface area contributed by atoms with Crippen LogP contribution in [0.25, 0.3) is 11.1 Å². The van der Waals surface area contributed by atoms with E-state index < -0.39 is 5.24 Å². The zero-order valence-corrected chi connectivity index (χ0v) is 13.3. The van der Waals surface area contributed by atoms with E-state index in [9.17, 15) is 9.59 Å². The van der Waals surface area contributed by atoms with Crippen LogP contribution >= 0.6 is 11.6 Å². The Labute approximate surface area is 143 Å². The van der Waals surface area contributed by atoms with Gasteiger partial charge in [0.2, 0.25) is 0 Å². The first-order chi connectivity index (χ1) is 11.6. The highest BCUT2D eigenvalue weighted by atomic mass is 35.5. The summed E-state index contributed by atoms with van der Waals surface area (Å²) in [5.74, 6) is -0.384. The Morgan fingerprint density at radius 3 is 2.25 bits per heavy atom. The SMILES string of the molecule is Nc1nccc(C(=O)c2ccccc2-c2ccccc2)c1C(=O)Cl. The third-order valence-electron chi connectivity index (χ3n) is 3.68. The van der Waals surface area contributed by atoms with Crippen LogP contribution in [0.15, 0.2) is 66.9 Å². The zero-order chi connectivity index (χ0) is 17.1. The van der Waals surface area contributed by atoms with Crippen molar-refractivity contribution in [1.29, 1.82) is 0 Å². The Balaban J connectivity index is 2.17. The summed E-state index contributed by atoms with van der Waals surface area (Å²) in [5, 5.41) is -0.804. The fourth-order valence-electron chi connectivity index (χ4n) is 2.57. The van der Waals surface area contributed by atoms with Crippen LogP contribution in [0.4, 0.5) is 5.82 Å². The van der Waals surface area contributed by atoms with Crippen molar-refractivity contribution in [1.82, 2.24) is 4.98 Å². The molecular formula is C19H13ClN2O2. The second-order valence-electron chi connectivity index (χ2n) is 5.13. The maximum atomic E-state index is 13.0. The highest BCUT2D eigenvalue weighted by Crippen LogP contribution is 2.27. The van der Waals surface area contributed by atoms with Gasteiger partial charge in [0.15, 0.2) is 5.78 Å². The summed E-state index contributed by atoms with van der Waals surface area (Å²) in [4.78, 5) is 28.5. The molecule has 3 rings (SSSR count). The molecule has 24 heavy (non-hydrogen) atoms. The lowest BCUT2D eigenvalue weighted by Crippen LogP contribution is -2.12. The van der Waals surface area contributed by atoms with Gasteiger partial charge >= 0.3 is 0 Å². The largest absolute Gasteiger partial charge is 0.383 e. The maximum absolute atomic E-state index is 13.0. The monoisotopic (exact) mass is 336 g/mol. The second kappa shape index (κ2) is 6.64. The number of nitrogens with two attached hydrogens (primary N) is 1. The summed E-state index contributed by atoms with van der Waals surface area (Å²) < 4.78 is 0. The van der Waals surface area contributed by atoms with E-state index in [-0.39, 0.29) is 22.7 Å². The third kappa shape index (κ3) is 2.92. The number of ketones is 1. The van der Waals surface area contributed by atoms with Gasteiger partial charge in [0.1, 0.15) is 5.82 Å². The van der Waals surface area contributed by atoms with Crippen molar-refractivity contribution in [2.45, 2.75) is 0 Å². The van der Waals surface area contributed by atoms with Gasteiger partial charge in [-0.3, -0.25) is 9.59 Å². The molecule has 5 heteroatoms. The van der Waals surface area contributed by atoms with E-state index >= 15 is 0 Å². The quantitative estimate of drug-likeness (QED) is 0.578. The highest BCUT2D eigenvalue weighted by molar-refractivity contribution is 6.68. The molecule has 0 fully saturated rings. The Morgan fingerprint density at radius 1 is 0.875 bits per heavy atom. The van der Waals surface area contributed by atoms with Gasteiger partial charge in [-0.25, -0.2) is 4.98 Å². The molecule has 1 aromatic heterocycles. The van der Waals surface area contributed by atoms with E-state index in [1.54, 1.807) is 12.1 Å². The molecule has 1 heterocycles. The summed E-state index contributed by atoms with van der Waals surface area (Å²) in [6.07, 6.45) is 1.39. The Bertz CT molecular complexity index is 924. The minimum Gasteiger partial charge on any atom is -0.383 e. The number of halogens is 1. The predicted octanol–water partition coefficient (Wildman–Crippen LogP) is 3.94. The van der Waals surface area contributed by atoms with E-state index in [4.69, 9.17) is 17.3 Å². The molecule has 0 aliphatic carbocycles. The van der Waals surface area contributed by atoms with Crippen LogP contribution in [-0.4, -0.2) is 16.0 Å². The molecule has 0 amide bonds. The summed E-state index contributed by atoms with van der Waals surface area (Å²) >= 11 is 5.59. The summed E-state index contributed by atoms with van der Waals surface area (Å²) in [6, 6.07) is 18.2. The third-order valence-corrected chi connectivity index (χ3v) is 3.87. The van der Waals surface area contributed by atoms with Gasteiger partial charge < -0.3 is 5.73 Å². The molecule has 2 aromatic carbocycles. The number of nitrogen functional groups attached to an aromatic ring is 1. The first-order valence-electron chi connectivity index (χ1n) is 7.23. The first kappa shape index (κ1) is 15.9. The fraction of sp³-hybridized carbons (Fsp3) is 0. The van der Waals surface area contributed by atoms with Crippen molar-refractivity contribution < 1.29 is 9.59 Å². The van der Waals surface area contributed by atoms with Gasteiger partial charge in [-0.15, -0.1) is 0 Å². The number of rotatable bonds is 4. The number of hydrogen-bond acceptors (Lipinski definition) is 4. The number of benzene rings is 2. The van der Waals surface area contributed by atoms with Gasteiger partial charge in [-0.05, 0) is 28.8 Å². The predicted molar refractivity (Wildman–Crippen MR) is 94.1 cm³/mol.